The number of hydrogen-bond acceptors (Lipinski definition) is 5. The number of sulfonamides is 1. The minimum atomic E-state index is -3.39. The summed E-state index contributed by atoms with van der Waals surface area (Å²) in [7, 11) is -1.63. The number of piperidine rings is 1. The molecule has 0 radical (unpaired) electrons. The highest BCUT2D eigenvalue weighted by molar-refractivity contribution is 7.88. The maximum absolute atomic E-state index is 13.0. The zero-order valence-electron chi connectivity index (χ0n) is 18.4. The van der Waals surface area contributed by atoms with Crippen molar-refractivity contribution in [2.24, 2.45) is 5.92 Å². The average Bonchev–Trinajstić information content (AvgIpc) is 2.79. The molecule has 168 valence electrons. The predicted octanol–water partition coefficient (Wildman–Crippen LogP) is 3.14. The van der Waals surface area contributed by atoms with E-state index in [0.717, 1.165) is 22.2 Å². The van der Waals surface area contributed by atoms with Crippen molar-refractivity contribution < 1.29 is 13.2 Å². The minimum Gasteiger partial charge on any atom is -0.338 e. The number of aromatic nitrogens is 2. The van der Waals surface area contributed by atoms with Gasteiger partial charge < -0.3 is 4.90 Å². The maximum atomic E-state index is 13.0. The van der Waals surface area contributed by atoms with Crippen molar-refractivity contribution in [3.63, 3.8) is 0 Å². The lowest BCUT2D eigenvalue weighted by Crippen LogP contribution is -2.43. The molecule has 0 spiro atoms. The first kappa shape index (κ1) is 22.4. The predicted molar refractivity (Wildman–Crippen MR) is 124 cm³/mol. The van der Waals surface area contributed by atoms with Crippen LogP contribution in [0.1, 0.15) is 29.9 Å². The van der Waals surface area contributed by atoms with E-state index in [0.29, 0.717) is 38.3 Å². The fourth-order valence-electron chi connectivity index (χ4n) is 4.22. The number of hydrogen-bond donors (Lipinski definition) is 0. The standard InChI is InChI=1S/C24H28N4O3S/c1-18-21-10-6-7-11-22(21)26-23(25-18)16-27(2)24(29)20-12-14-28(15-13-20)32(30,31)17-19-8-4-3-5-9-19/h3-11,20H,12-17H2,1-2H3. The fraction of sp³-hybridized carbons (Fsp3) is 0.375. The van der Waals surface area contributed by atoms with Crippen LogP contribution < -0.4 is 0 Å². The first-order chi connectivity index (χ1) is 15.3. The summed E-state index contributed by atoms with van der Waals surface area (Å²) >= 11 is 0. The normalized spacial score (nSPS) is 15.7. The van der Waals surface area contributed by atoms with Crippen LogP contribution in [0.25, 0.3) is 10.9 Å². The van der Waals surface area contributed by atoms with Gasteiger partial charge in [-0.1, -0.05) is 48.5 Å². The highest BCUT2D eigenvalue weighted by Crippen LogP contribution is 2.24. The third-order valence-electron chi connectivity index (χ3n) is 5.98. The molecule has 3 aromatic rings. The van der Waals surface area contributed by atoms with E-state index >= 15 is 0 Å². The van der Waals surface area contributed by atoms with Crippen LogP contribution >= 0.6 is 0 Å². The second-order valence-electron chi connectivity index (χ2n) is 8.35. The van der Waals surface area contributed by atoms with Gasteiger partial charge in [0.2, 0.25) is 15.9 Å². The van der Waals surface area contributed by atoms with E-state index in [1.165, 1.54) is 4.31 Å². The molecule has 0 bridgehead atoms. The number of carbonyl (C=O) groups is 1. The quantitative estimate of drug-likeness (QED) is 0.574. The van der Waals surface area contributed by atoms with Crippen LogP contribution in [-0.4, -0.2) is 53.6 Å². The molecule has 2 heterocycles. The monoisotopic (exact) mass is 452 g/mol. The summed E-state index contributed by atoms with van der Waals surface area (Å²) < 4.78 is 27.0. The zero-order chi connectivity index (χ0) is 22.7. The van der Waals surface area contributed by atoms with Gasteiger partial charge in [-0.15, -0.1) is 0 Å². The molecule has 1 aliphatic heterocycles. The van der Waals surface area contributed by atoms with Gasteiger partial charge in [0.1, 0.15) is 5.82 Å². The van der Waals surface area contributed by atoms with Gasteiger partial charge in [-0.3, -0.25) is 4.79 Å². The number of carbonyl (C=O) groups excluding carboxylic acids is 1. The van der Waals surface area contributed by atoms with E-state index in [4.69, 9.17) is 0 Å². The summed E-state index contributed by atoms with van der Waals surface area (Å²) in [5.41, 5.74) is 2.53. The number of para-hydroxylation sites is 1. The molecule has 1 amide bonds. The molecule has 0 saturated carbocycles. The highest BCUT2D eigenvalue weighted by Gasteiger charge is 2.32. The van der Waals surface area contributed by atoms with E-state index in [9.17, 15) is 13.2 Å². The van der Waals surface area contributed by atoms with Crippen LogP contribution in [0.4, 0.5) is 0 Å². The molecule has 0 atom stereocenters. The molecule has 1 saturated heterocycles. The van der Waals surface area contributed by atoms with Crippen LogP contribution in [0.3, 0.4) is 0 Å². The van der Waals surface area contributed by atoms with Crippen molar-refractivity contribution in [1.29, 1.82) is 0 Å². The summed E-state index contributed by atoms with van der Waals surface area (Å²) in [5.74, 6) is 0.425. The van der Waals surface area contributed by atoms with Gasteiger partial charge in [0.25, 0.3) is 0 Å². The van der Waals surface area contributed by atoms with Gasteiger partial charge in [-0.2, -0.15) is 0 Å². The molecule has 0 aliphatic carbocycles. The van der Waals surface area contributed by atoms with Crippen LogP contribution in [0.5, 0.6) is 0 Å². The second kappa shape index (κ2) is 9.34. The van der Waals surface area contributed by atoms with Crippen molar-refractivity contribution in [1.82, 2.24) is 19.2 Å². The third kappa shape index (κ3) is 4.97. The first-order valence-electron chi connectivity index (χ1n) is 10.8. The summed E-state index contributed by atoms with van der Waals surface area (Å²) in [4.78, 5) is 23.8. The number of amides is 1. The number of rotatable bonds is 6. The molecule has 1 fully saturated rings. The zero-order valence-corrected chi connectivity index (χ0v) is 19.3. The Labute approximate surface area is 189 Å². The number of benzene rings is 2. The molecule has 2 aromatic carbocycles. The Morgan fingerprint density at radius 2 is 1.69 bits per heavy atom. The van der Waals surface area contributed by atoms with Gasteiger partial charge in [-0.05, 0) is 31.4 Å². The minimum absolute atomic E-state index is 0.00892. The summed E-state index contributed by atoms with van der Waals surface area (Å²) in [6.07, 6.45) is 1.05. The number of aryl methyl sites for hydroxylation is 1. The molecular weight excluding hydrogens is 424 g/mol. The molecule has 0 N–H and O–H groups in total. The Bertz CT molecular complexity index is 1210. The Balaban J connectivity index is 1.36. The van der Waals surface area contributed by atoms with Crippen molar-refractivity contribution in [3.8, 4) is 0 Å². The Morgan fingerprint density at radius 1 is 1.03 bits per heavy atom. The van der Waals surface area contributed by atoms with Crippen molar-refractivity contribution in [2.45, 2.75) is 32.1 Å². The SMILES string of the molecule is Cc1nc(CN(C)C(=O)C2CCN(S(=O)(=O)Cc3ccccc3)CC2)nc2ccccc12. The van der Waals surface area contributed by atoms with Gasteiger partial charge in [0, 0.05) is 37.1 Å². The summed E-state index contributed by atoms with van der Waals surface area (Å²) in [6, 6.07) is 17.0. The van der Waals surface area contributed by atoms with Gasteiger partial charge in [0.05, 0.1) is 17.8 Å². The Kier molecular flexibility index (Phi) is 6.53. The van der Waals surface area contributed by atoms with Gasteiger partial charge in [-0.25, -0.2) is 22.7 Å². The molecule has 32 heavy (non-hydrogen) atoms. The average molecular weight is 453 g/mol. The van der Waals surface area contributed by atoms with Crippen molar-refractivity contribution in [2.75, 3.05) is 20.1 Å². The Morgan fingerprint density at radius 3 is 2.41 bits per heavy atom. The largest absolute Gasteiger partial charge is 0.338 e. The van der Waals surface area contributed by atoms with E-state index in [1.807, 2.05) is 61.5 Å². The first-order valence-corrected chi connectivity index (χ1v) is 12.4. The van der Waals surface area contributed by atoms with Crippen molar-refractivity contribution >= 4 is 26.8 Å². The third-order valence-corrected chi connectivity index (χ3v) is 7.83. The highest BCUT2D eigenvalue weighted by atomic mass is 32.2. The van der Waals surface area contributed by atoms with Crippen LogP contribution in [-0.2, 0) is 27.1 Å². The molecule has 7 nitrogen and oxygen atoms in total. The fourth-order valence-corrected chi connectivity index (χ4v) is 5.79. The second-order valence-corrected chi connectivity index (χ2v) is 10.3. The van der Waals surface area contributed by atoms with Gasteiger partial charge >= 0.3 is 0 Å². The lowest BCUT2D eigenvalue weighted by atomic mass is 9.96. The maximum Gasteiger partial charge on any atom is 0.225 e. The van der Waals surface area contributed by atoms with E-state index in [1.54, 1.807) is 11.9 Å². The molecule has 0 unspecified atom stereocenters. The van der Waals surface area contributed by atoms with Crippen LogP contribution in [0, 0.1) is 12.8 Å². The van der Waals surface area contributed by atoms with E-state index in [2.05, 4.69) is 9.97 Å². The Hall–Kier alpha value is -2.84. The summed E-state index contributed by atoms with van der Waals surface area (Å²) in [5, 5.41) is 1.01. The molecule has 4 rings (SSSR count). The molecule has 8 heteroatoms. The number of nitrogens with zero attached hydrogens (tertiary/aromatic N) is 4. The molecule has 1 aliphatic rings. The topological polar surface area (TPSA) is 83.5 Å². The molecule has 1 aromatic heterocycles. The van der Waals surface area contributed by atoms with E-state index < -0.39 is 10.0 Å². The van der Waals surface area contributed by atoms with Gasteiger partial charge in [0.15, 0.2) is 0 Å². The summed E-state index contributed by atoms with van der Waals surface area (Å²) in [6.45, 7) is 3.01. The van der Waals surface area contributed by atoms with Crippen molar-refractivity contribution in [3.05, 3.63) is 71.7 Å². The lowest BCUT2D eigenvalue weighted by molar-refractivity contribution is -0.136. The van der Waals surface area contributed by atoms with Crippen LogP contribution in [0.2, 0.25) is 0 Å². The van der Waals surface area contributed by atoms with E-state index in [-0.39, 0.29) is 17.6 Å². The smallest absolute Gasteiger partial charge is 0.225 e. The molecular formula is C24H28N4O3S. The lowest BCUT2D eigenvalue weighted by Gasteiger charge is -2.32. The van der Waals surface area contributed by atoms with Crippen LogP contribution in [0.15, 0.2) is 54.6 Å². The number of fused-ring (bicyclic) bond motifs is 1.